The van der Waals surface area contributed by atoms with Crippen molar-refractivity contribution in [2.75, 3.05) is 0 Å². The zero-order chi connectivity index (χ0) is 8.55. The van der Waals surface area contributed by atoms with Crippen LogP contribution in [-0.2, 0) is 4.74 Å². The summed E-state index contributed by atoms with van der Waals surface area (Å²) in [7, 11) is 6.01. The van der Waals surface area contributed by atoms with E-state index in [1.807, 2.05) is 0 Å². The van der Waals surface area contributed by atoms with Gasteiger partial charge in [-0.25, -0.2) is 0 Å². The van der Waals surface area contributed by atoms with E-state index < -0.39 is 0 Å². The smallest absolute Gasteiger partial charge is 0.0734 e. The first-order valence-corrected chi connectivity index (χ1v) is 5.16. The van der Waals surface area contributed by atoms with E-state index in [2.05, 4.69) is 6.92 Å². The summed E-state index contributed by atoms with van der Waals surface area (Å²) in [6, 6.07) is 0. The fraction of sp³-hybridized carbons (Fsp3) is 1.00. The van der Waals surface area contributed by atoms with Crippen LogP contribution in [0.4, 0.5) is 0 Å². The molecule has 0 bridgehead atoms. The lowest BCUT2D eigenvalue weighted by Crippen LogP contribution is -2.17. The molecule has 2 saturated carbocycles. The van der Waals surface area contributed by atoms with E-state index in [0.717, 1.165) is 5.92 Å². The molecule has 2 aliphatic rings. The largest absolute Gasteiger partial charge is 0.376 e. The van der Waals surface area contributed by atoms with Gasteiger partial charge in [-0.2, -0.15) is 0 Å². The molecule has 0 aromatic heterocycles. The Morgan fingerprint density at radius 3 is 2.50 bits per heavy atom. The number of ether oxygens (including phenoxy) is 1. The van der Waals surface area contributed by atoms with Crippen molar-refractivity contribution < 1.29 is 4.74 Å². The van der Waals surface area contributed by atoms with Crippen molar-refractivity contribution in [2.24, 2.45) is 5.92 Å². The highest BCUT2D eigenvalue weighted by atomic mass is 16.5. The topological polar surface area (TPSA) is 9.23 Å². The second kappa shape index (κ2) is 3.41. The highest BCUT2D eigenvalue weighted by molar-refractivity contribution is 6.12. The van der Waals surface area contributed by atoms with Gasteiger partial charge >= 0.3 is 0 Å². The van der Waals surface area contributed by atoms with E-state index in [0.29, 0.717) is 6.10 Å². The Labute approximate surface area is 76.3 Å². The maximum atomic E-state index is 6.01. The van der Waals surface area contributed by atoms with E-state index in [1.54, 1.807) is 0 Å². The molecule has 12 heavy (non-hydrogen) atoms. The Bertz CT molecular complexity index is 134. The molecular weight excluding hydrogens is 147 g/mol. The number of hydrogen-bond acceptors (Lipinski definition) is 1. The van der Waals surface area contributed by atoms with Gasteiger partial charge in [-0.1, -0.05) is 25.1 Å². The van der Waals surface area contributed by atoms with Crippen molar-refractivity contribution in [3.63, 3.8) is 0 Å². The molecular formula is C10H17BO. The minimum Gasteiger partial charge on any atom is -0.376 e. The SMILES string of the molecule is [B]C(CC1CC1)C(C)OC1CC1. The summed E-state index contributed by atoms with van der Waals surface area (Å²) in [5, 5.41) is 0. The summed E-state index contributed by atoms with van der Waals surface area (Å²) in [4.78, 5) is 0. The molecule has 2 rings (SSSR count). The Balaban J connectivity index is 1.65. The summed E-state index contributed by atoms with van der Waals surface area (Å²) >= 11 is 0. The second-order valence-corrected chi connectivity index (χ2v) is 4.38. The summed E-state index contributed by atoms with van der Waals surface area (Å²) in [5.41, 5.74) is 0. The molecule has 0 heterocycles. The van der Waals surface area contributed by atoms with Crippen molar-refractivity contribution in [1.29, 1.82) is 0 Å². The first-order valence-electron chi connectivity index (χ1n) is 5.16. The van der Waals surface area contributed by atoms with Crippen molar-refractivity contribution in [2.45, 2.75) is 57.1 Å². The minimum atomic E-state index is 0.276. The van der Waals surface area contributed by atoms with Crippen LogP contribution in [0.3, 0.4) is 0 Å². The Morgan fingerprint density at radius 1 is 1.33 bits per heavy atom. The third kappa shape index (κ3) is 2.51. The summed E-state index contributed by atoms with van der Waals surface area (Å²) < 4.78 is 5.73. The zero-order valence-electron chi connectivity index (χ0n) is 7.83. The first kappa shape index (κ1) is 8.62. The average Bonchev–Trinajstić information content (AvgIpc) is 2.79. The lowest BCUT2D eigenvalue weighted by Gasteiger charge is -2.20. The molecule has 1 nitrogen and oxygen atoms in total. The van der Waals surface area contributed by atoms with Gasteiger partial charge in [-0.15, -0.1) is 0 Å². The van der Waals surface area contributed by atoms with Gasteiger partial charge in [0.2, 0.25) is 0 Å². The van der Waals surface area contributed by atoms with Gasteiger partial charge < -0.3 is 4.74 Å². The molecule has 2 unspecified atom stereocenters. The summed E-state index contributed by atoms with van der Waals surface area (Å²) in [6.07, 6.45) is 7.28. The van der Waals surface area contributed by atoms with Gasteiger partial charge in [-0.05, 0) is 25.7 Å². The maximum Gasteiger partial charge on any atom is 0.0734 e. The van der Waals surface area contributed by atoms with Crippen LogP contribution >= 0.6 is 0 Å². The molecule has 0 amide bonds. The van der Waals surface area contributed by atoms with Crippen molar-refractivity contribution in [3.8, 4) is 0 Å². The monoisotopic (exact) mass is 164 g/mol. The molecule has 2 radical (unpaired) electrons. The van der Waals surface area contributed by atoms with E-state index in [1.165, 1.54) is 32.1 Å². The number of hydrogen-bond donors (Lipinski definition) is 0. The molecule has 2 atom stereocenters. The second-order valence-electron chi connectivity index (χ2n) is 4.38. The Kier molecular flexibility index (Phi) is 2.45. The van der Waals surface area contributed by atoms with Crippen LogP contribution in [0.25, 0.3) is 0 Å². The fourth-order valence-electron chi connectivity index (χ4n) is 1.54. The van der Waals surface area contributed by atoms with E-state index in [-0.39, 0.29) is 11.9 Å². The molecule has 66 valence electrons. The normalized spacial score (nSPS) is 28.4. The molecule has 0 N–H and O–H groups in total. The van der Waals surface area contributed by atoms with Crippen molar-refractivity contribution >= 4 is 7.85 Å². The number of rotatable bonds is 5. The fourth-order valence-corrected chi connectivity index (χ4v) is 1.54. The van der Waals surface area contributed by atoms with Crippen LogP contribution in [0.2, 0.25) is 5.82 Å². The maximum absolute atomic E-state index is 6.01. The Hall–Kier alpha value is 0.0249. The van der Waals surface area contributed by atoms with Gasteiger partial charge in [0, 0.05) is 0 Å². The first-order chi connectivity index (χ1) is 5.75. The van der Waals surface area contributed by atoms with Crippen molar-refractivity contribution in [1.82, 2.24) is 0 Å². The van der Waals surface area contributed by atoms with Crippen LogP contribution < -0.4 is 0 Å². The quantitative estimate of drug-likeness (QED) is 0.566. The van der Waals surface area contributed by atoms with Gasteiger partial charge in [0.15, 0.2) is 0 Å². The van der Waals surface area contributed by atoms with E-state index >= 15 is 0 Å². The van der Waals surface area contributed by atoms with Crippen LogP contribution in [-0.4, -0.2) is 20.1 Å². The summed E-state index contributed by atoms with van der Waals surface area (Å²) in [5.74, 6) is 1.20. The van der Waals surface area contributed by atoms with Crippen LogP contribution in [0.1, 0.15) is 39.0 Å². The zero-order valence-corrected chi connectivity index (χ0v) is 7.83. The molecule has 0 saturated heterocycles. The molecule has 0 spiro atoms. The highest BCUT2D eigenvalue weighted by Crippen LogP contribution is 2.38. The molecule has 0 aliphatic heterocycles. The predicted molar refractivity (Wildman–Crippen MR) is 50.4 cm³/mol. The minimum absolute atomic E-state index is 0.276. The molecule has 0 aromatic carbocycles. The lowest BCUT2D eigenvalue weighted by atomic mass is 9.79. The molecule has 2 fully saturated rings. The van der Waals surface area contributed by atoms with E-state index in [9.17, 15) is 0 Å². The predicted octanol–water partition coefficient (Wildman–Crippen LogP) is 2.31. The van der Waals surface area contributed by atoms with Crippen LogP contribution in [0.5, 0.6) is 0 Å². The third-order valence-corrected chi connectivity index (χ3v) is 2.84. The molecule has 0 aromatic rings. The van der Waals surface area contributed by atoms with Crippen molar-refractivity contribution in [3.05, 3.63) is 0 Å². The Morgan fingerprint density at radius 2 is 2.00 bits per heavy atom. The average molecular weight is 164 g/mol. The van der Waals surface area contributed by atoms with Gasteiger partial charge in [-0.3, -0.25) is 0 Å². The van der Waals surface area contributed by atoms with Gasteiger partial charge in [0.25, 0.3) is 0 Å². The third-order valence-electron chi connectivity index (χ3n) is 2.84. The standard InChI is InChI=1S/C10H17BO/c1-7(12-9-4-5-9)10(11)6-8-2-3-8/h7-10H,2-6H2,1H3. The van der Waals surface area contributed by atoms with Gasteiger partial charge in [0.1, 0.15) is 0 Å². The lowest BCUT2D eigenvalue weighted by molar-refractivity contribution is 0.0455. The highest BCUT2D eigenvalue weighted by Gasteiger charge is 2.29. The van der Waals surface area contributed by atoms with Crippen LogP contribution in [0, 0.1) is 5.92 Å². The molecule has 2 aliphatic carbocycles. The van der Waals surface area contributed by atoms with Gasteiger partial charge in [0.05, 0.1) is 20.1 Å². The summed E-state index contributed by atoms with van der Waals surface area (Å²) in [6.45, 7) is 2.12. The van der Waals surface area contributed by atoms with Crippen LogP contribution in [0.15, 0.2) is 0 Å². The molecule has 2 heteroatoms. The van der Waals surface area contributed by atoms with E-state index in [4.69, 9.17) is 12.6 Å².